The summed E-state index contributed by atoms with van der Waals surface area (Å²) in [5, 5.41) is 14.3. The van der Waals surface area contributed by atoms with E-state index in [1.165, 1.54) is 22.5 Å². The summed E-state index contributed by atoms with van der Waals surface area (Å²) in [5.41, 5.74) is 5.05. The van der Waals surface area contributed by atoms with Gasteiger partial charge in [-0.1, -0.05) is 43.4 Å². The highest BCUT2D eigenvalue weighted by Crippen LogP contribution is 2.29. The lowest BCUT2D eigenvalue weighted by atomic mass is 10.0. The summed E-state index contributed by atoms with van der Waals surface area (Å²) in [6.07, 6.45) is 1.98. The molecule has 4 aromatic heterocycles. The highest BCUT2D eigenvalue weighted by atomic mass is 32.1. The van der Waals surface area contributed by atoms with E-state index in [9.17, 15) is 0 Å². The highest BCUT2D eigenvalue weighted by Gasteiger charge is 2.20. The molecule has 0 saturated heterocycles. The van der Waals surface area contributed by atoms with Crippen molar-refractivity contribution in [3.63, 3.8) is 0 Å². The van der Waals surface area contributed by atoms with Crippen LogP contribution in [0.5, 0.6) is 5.75 Å². The van der Waals surface area contributed by atoms with Gasteiger partial charge in [0.05, 0.1) is 5.69 Å². The molecule has 0 aliphatic heterocycles. The van der Waals surface area contributed by atoms with Crippen LogP contribution < -0.4 is 4.74 Å². The molecule has 5 aromatic rings. The molecule has 0 bridgehead atoms. The third kappa shape index (κ3) is 3.13. The molecule has 0 saturated carbocycles. The first-order valence-electron chi connectivity index (χ1n) is 9.90. The fourth-order valence-electron chi connectivity index (χ4n) is 3.63. The average molecular weight is 419 g/mol. The summed E-state index contributed by atoms with van der Waals surface area (Å²) < 4.78 is 9.96. The largest absolute Gasteiger partial charge is 0.486 e. The molecular formula is C22H22N6OS. The lowest BCUT2D eigenvalue weighted by Gasteiger charge is -2.14. The number of hydrogen-bond donors (Lipinski definition) is 0. The maximum atomic E-state index is 6.16. The molecule has 0 spiro atoms. The molecular weight excluding hydrogens is 396 g/mol. The Balaban J connectivity index is 1.49. The summed E-state index contributed by atoms with van der Waals surface area (Å²) >= 11 is 1.49. The molecule has 0 fully saturated rings. The van der Waals surface area contributed by atoms with Crippen molar-refractivity contribution >= 4 is 21.9 Å². The molecule has 0 atom stereocenters. The van der Waals surface area contributed by atoms with E-state index in [0.29, 0.717) is 18.3 Å². The number of nitrogens with zero attached hydrogens (tertiary/aromatic N) is 6. The number of hydrogen-bond acceptors (Lipinski definition) is 6. The van der Waals surface area contributed by atoms with Gasteiger partial charge in [0.15, 0.2) is 5.01 Å². The van der Waals surface area contributed by atoms with Crippen molar-refractivity contribution in [1.82, 2.24) is 29.2 Å². The van der Waals surface area contributed by atoms with Crippen molar-refractivity contribution in [2.24, 2.45) is 0 Å². The molecule has 0 unspecified atom stereocenters. The monoisotopic (exact) mass is 418 g/mol. The predicted octanol–water partition coefficient (Wildman–Crippen LogP) is 4.82. The van der Waals surface area contributed by atoms with E-state index in [1.54, 1.807) is 4.52 Å². The van der Waals surface area contributed by atoms with Crippen molar-refractivity contribution in [2.45, 2.75) is 40.2 Å². The summed E-state index contributed by atoms with van der Waals surface area (Å²) in [6.45, 7) is 8.79. The second-order valence-corrected chi connectivity index (χ2v) is 8.71. The fraction of sp³-hybridized carbons (Fsp3) is 0.273. The van der Waals surface area contributed by atoms with Crippen molar-refractivity contribution in [3.05, 3.63) is 64.4 Å². The van der Waals surface area contributed by atoms with Gasteiger partial charge in [-0.2, -0.15) is 9.61 Å². The molecule has 0 radical (unpaired) electrons. The zero-order valence-electron chi connectivity index (χ0n) is 17.3. The zero-order chi connectivity index (χ0) is 20.8. The number of imidazole rings is 1. The maximum absolute atomic E-state index is 6.16. The first-order valence-corrected chi connectivity index (χ1v) is 10.7. The lowest BCUT2D eigenvalue weighted by molar-refractivity contribution is 0.299. The summed E-state index contributed by atoms with van der Waals surface area (Å²) in [7, 11) is 0. The van der Waals surface area contributed by atoms with Crippen LogP contribution in [0.4, 0.5) is 0 Å². The van der Waals surface area contributed by atoms with Crippen LogP contribution in [0.25, 0.3) is 22.1 Å². The van der Waals surface area contributed by atoms with E-state index in [1.807, 2.05) is 35.7 Å². The maximum Gasteiger partial charge on any atom is 0.235 e. The quantitative estimate of drug-likeness (QED) is 0.409. The Kier molecular flexibility index (Phi) is 4.51. The molecule has 7 nitrogen and oxygen atoms in total. The number of aromatic nitrogens is 6. The van der Waals surface area contributed by atoms with Crippen molar-refractivity contribution in [3.8, 4) is 17.3 Å². The minimum atomic E-state index is 0.392. The van der Waals surface area contributed by atoms with Crippen LogP contribution in [0.2, 0.25) is 0 Å². The summed E-state index contributed by atoms with van der Waals surface area (Å²) in [6, 6.07) is 12.3. The number of rotatable bonds is 5. The van der Waals surface area contributed by atoms with Gasteiger partial charge in [-0.05, 0) is 49.1 Å². The third-order valence-electron chi connectivity index (χ3n) is 5.09. The minimum absolute atomic E-state index is 0.392. The molecule has 8 heteroatoms. The van der Waals surface area contributed by atoms with Crippen molar-refractivity contribution in [1.29, 1.82) is 0 Å². The minimum Gasteiger partial charge on any atom is -0.486 e. The second kappa shape index (κ2) is 7.21. The smallest absolute Gasteiger partial charge is 0.235 e. The first kappa shape index (κ1) is 18.7. The molecule has 5 rings (SSSR count). The van der Waals surface area contributed by atoms with Crippen molar-refractivity contribution in [2.75, 3.05) is 0 Å². The molecule has 152 valence electrons. The van der Waals surface area contributed by atoms with Gasteiger partial charge < -0.3 is 4.74 Å². The number of ether oxygens (including phenoxy) is 1. The van der Waals surface area contributed by atoms with Crippen LogP contribution in [0, 0.1) is 13.8 Å². The molecule has 1 aromatic carbocycles. The van der Waals surface area contributed by atoms with Crippen LogP contribution in [0.15, 0.2) is 42.6 Å². The topological polar surface area (TPSA) is 69.6 Å². The Morgan fingerprint density at radius 2 is 1.97 bits per heavy atom. The van der Waals surface area contributed by atoms with Crippen LogP contribution in [-0.4, -0.2) is 29.2 Å². The summed E-state index contributed by atoms with van der Waals surface area (Å²) in [5.74, 6) is 1.99. The molecule has 30 heavy (non-hydrogen) atoms. The first-order chi connectivity index (χ1) is 14.5. The van der Waals surface area contributed by atoms with E-state index in [4.69, 9.17) is 9.84 Å². The Labute approximate surface area is 178 Å². The Hall–Kier alpha value is -3.26. The SMILES string of the molecule is Cc1ccc(C(C)C)c(OCc2nn3c(-c4c(C)nc5ccccn45)nnc3s2)c1. The van der Waals surface area contributed by atoms with Gasteiger partial charge >= 0.3 is 0 Å². The normalized spacial score (nSPS) is 11.8. The van der Waals surface area contributed by atoms with Crippen LogP contribution in [-0.2, 0) is 6.61 Å². The molecule has 4 heterocycles. The van der Waals surface area contributed by atoms with E-state index >= 15 is 0 Å². The molecule has 0 aliphatic carbocycles. The van der Waals surface area contributed by atoms with Crippen LogP contribution in [0.1, 0.15) is 41.6 Å². The van der Waals surface area contributed by atoms with Gasteiger partial charge in [0.2, 0.25) is 10.8 Å². The number of benzene rings is 1. The average Bonchev–Trinajstić information content (AvgIpc) is 3.38. The van der Waals surface area contributed by atoms with Gasteiger partial charge in [-0.25, -0.2) is 4.98 Å². The van der Waals surface area contributed by atoms with E-state index in [2.05, 4.69) is 54.2 Å². The lowest BCUT2D eigenvalue weighted by Crippen LogP contribution is -2.02. The molecule has 0 amide bonds. The van der Waals surface area contributed by atoms with Gasteiger partial charge in [0, 0.05) is 6.20 Å². The standard InChI is InChI=1S/C22H22N6OS/c1-13(2)16-9-8-14(3)11-17(16)29-12-19-26-28-21(24-25-22(28)30-19)20-15(4)23-18-7-5-6-10-27(18)20/h5-11,13H,12H2,1-4H3. The van der Waals surface area contributed by atoms with Crippen LogP contribution in [0.3, 0.4) is 0 Å². The number of pyridine rings is 1. The van der Waals surface area contributed by atoms with E-state index < -0.39 is 0 Å². The number of aryl methyl sites for hydroxylation is 2. The van der Waals surface area contributed by atoms with Crippen LogP contribution >= 0.6 is 11.3 Å². The van der Waals surface area contributed by atoms with Gasteiger partial charge in [-0.3, -0.25) is 4.40 Å². The Morgan fingerprint density at radius 3 is 2.80 bits per heavy atom. The number of fused-ring (bicyclic) bond motifs is 2. The fourth-order valence-corrected chi connectivity index (χ4v) is 4.37. The summed E-state index contributed by atoms with van der Waals surface area (Å²) in [4.78, 5) is 5.36. The van der Waals surface area contributed by atoms with Gasteiger partial charge in [0.25, 0.3) is 0 Å². The van der Waals surface area contributed by atoms with Gasteiger partial charge in [-0.15, -0.1) is 10.2 Å². The second-order valence-electron chi connectivity index (χ2n) is 7.67. The Morgan fingerprint density at radius 1 is 1.10 bits per heavy atom. The van der Waals surface area contributed by atoms with Gasteiger partial charge in [0.1, 0.15) is 23.7 Å². The Bertz CT molecular complexity index is 1360. The zero-order valence-corrected chi connectivity index (χ0v) is 18.1. The van der Waals surface area contributed by atoms with E-state index in [0.717, 1.165) is 32.8 Å². The predicted molar refractivity (Wildman–Crippen MR) is 117 cm³/mol. The highest BCUT2D eigenvalue weighted by molar-refractivity contribution is 7.16. The third-order valence-corrected chi connectivity index (χ3v) is 5.96. The van der Waals surface area contributed by atoms with Crippen molar-refractivity contribution < 1.29 is 4.74 Å². The molecule has 0 N–H and O–H groups in total. The molecule has 0 aliphatic rings. The van der Waals surface area contributed by atoms with E-state index in [-0.39, 0.29) is 0 Å².